The van der Waals surface area contributed by atoms with Gasteiger partial charge >= 0.3 is 0 Å². The van der Waals surface area contributed by atoms with Gasteiger partial charge in [0.2, 0.25) is 0 Å². The van der Waals surface area contributed by atoms with Crippen LogP contribution in [-0.2, 0) is 0 Å². The molecule has 0 heterocycles. The van der Waals surface area contributed by atoms with Crippen LogP contribution in [0.25, 0.3) is 0 Å². The minimum absolute atomic E-state index is 0.394. The van der Waals surface area contributed by atoms with Crippen LogP contribution in [0, 0.1) is 11.8 Å². The first-order valence-corrected chi connectivity index (χ1v) is 3.64. The fourth-order valence-electron chi connectivity index (χ4n) is 1.23. The summed E-state index contributed by atoms with van der Waals surface area (Å²) < 4.78 is 0. The van der Waals surface area contributed by atoms with Crippen molar-refractivity contribution >= 4 is 0 Å². The zero-order chi connectivity index (χ0) is 6.85. The molecule has 1 rings (SSSR count). The van der Waals surface area contributed by atoms with Crippen LogP contribution < -0.4 is 5.73 Å². The van der Waals surface area contributed by atoms with Crippen LogP contribution in [0.4, 0.5) is 0 Å². The van der Waals surface area contributed by atoms with Crippen molar-refractivity contribution in [2.45, 2.75) is 26.3 Å². The number of hydrogen-bond donors (Lipinski definition) is 1. The molecule has 1 nitrogen and oxygen atoms in total. The van der Waals surface area contributed by atoms with E-state index in [1.54, 1.807) is 0 Å². The molecule has 0 saturated carbocycles. The predicted octanol–water partition coefficient (Wildman–Crippen LogP) is 1.55. The van der Waals surface area contributed by atoms with E-state index in [2.05, 4.69) is 26.0 Å². The zero-order valence-electron chi connectivity index (χ0n) is 6.17. The van der Waals surface area contributed by atoms with Crippen LogP contribution >= 0.6 is 0 Å². The fourth-order valence-corrected chi connectivity index (χ4v) is 1.23. The van der Waals surface area contributed by atoms with Crippen molar-refractivity contribution in [2.24, 2.45) is 17.6 Å². The molecular weight excluding hydrogens is 110 g/mol. The van der Waals surface area contributed by atoms with Gasteiger partial charge in [-0.3, -0.25) is 0 Å². The molecule has 1 aliphatic carbocycles. The normalized spacial score (nSPS) is 43.2. The highest BCUT2D eigenvalue weighted by atomic mass is 14.6. The first-order valence-electron chi connectivity index (χ1n) is 3.64. The molecule has 0 aromatic rings. The van der Waals surface area contributed by atoms with Crippen molar-refractivity contribution in [1.29, 1.82) is 0 Å². The molecule has 0 bridgehead atoms. The molecule has 2 unspecified atom stereocenters. The highest BCUT2D eigenvalue weighted by Crippen LogP contribution is 2.22. The van der Waals surface area contributed by atoms with Crippen molar-refractivity contribution in [1.82, 2.24) is 0 Å². The summed E-state index contributed by atoms with van der Waals surface area (Å²) in [5, 5.41) is 0. The van der Waals surface area contributed by atoms with Crippen LogP contribution in [0.1, 0.15) is 20.3 Å². The van der Waals surface area contributed by atoms with E-state index in [-0.39, 0.29) is 0 Å². The van der Waals surface area contributed by atoms with Crippen molar-refractivity contribution in [3.63, 3.8) is 0 Å². The Morgan fingerprint density at radius 3 is 2.56 bits per heavy atom. The molecule has 0 radical (unpaired) electrons. The molecule has 1 aliphatic rings. The summed E-state index contributed by atoms with van der Waals surface area (Å²) in [6.45, 7) is 4.44. The lowest BCUT2D eigenvalue weighted by Gasteiger charge is -2.26. The third-order valence-electron chi connectivity index (χ3n) is 2.35. The molecule has 0 amide bonds. The maximum atomic E-state index is 5.82. The summed E-state index contributed by atoms with van der Waals surface area (Å²) in [7, 11) is 0. The second-order valence-electron chi connectivity index (χ2n) is 3.05. The van der Waals surface area contributed by atoms with Gasteiger partial charge in [-0.1, -0.05) is 26.0 Å². The van der Waals surface area contributed by atoms with Crippen molar-refractivity contribution in [3.8, 4) is 0 Å². The Hall–Kier alpha value is -0.300. The summed E-state index contributed by atoms with van der Waals surface area (Å²) >= 11 is 0. The molecule has 1 heteroatoms. The SMILES string of the molecule is CC1C=CC[C@@H](N)C1C. The van der Waals surface area contributed by atoms with Gasteiger partial charge in [0.1, 0.15) is 0 Å². The Morgan fingerprint density at radius 2 is 2.11 bits per heavy atom. The number of rotatable bonds is 0. The molecule has 0 fully saturated rings. The molecule has 52 valence electrons. The number of hydrogen-bond acceptors (Lipinski definition) is 1. The zero-order valence-corrected chi connectivity index (χ0v) is 6.17. The standard InChI is InChI=1S/C8H15N/c1-6-4-3-5-8(9)7(6)2/h3-4,6-8H,5,9H2,1-2H3/t6?,7?,8-/m1/s1. The molecule has 0 spiro atoms. The first kappa shape index (κ1) is 6.81. The molecule has 3 atom stereocenters. The average Bonchev–Trinajstić information content (AvgIpc) is 1.83. The second kappa shape index (κ2) is 2.53. The average molecular weight is 125 g/mol. The van der Waals surface area contributed by atoms with Gasteiger partial charge in [-0.15, -0.1) is 0 Å². The van der Waals surface area contributed by atoms with Crippen LogP contribution in [0.15, 0.2) is 12.2 Å². The number of allylic oxidation sites excluding steroid dienone is 1. The van der Waals surface area contributed by atoms with Gasteiger partial charge in [-0.05, 0) is 18.3 Å². The Balaban J connectivity index is 2.58. The third kappa shape index (κ3) is 1.33. The van der Waals surface area contributed by atoms with Gasteiger partial charge in [0, 0.05) is 6.04 Å². The predicted molar refractivity (Wildman–Crippen MR) is 40.1 cm³/mol. The van der Waals surface area contributed by atoms with E-state index in [4.69, 9.17) is 5.73 Å². The van der Waals surface area contributed by atoms with Gasteiger partial charge in [-0.2, -0.15) is 0 Å². The monoisotopic (exact) mass is 125 g/mol. The van der Waals surface area contributed by atoms with E-state index in [1.165, 1.54) is 0 Å². The quantitative estimate of drug-likeness (QED) is 0.488. The lowest BCUT2D eigenvalue weighted by atomic mass is 9.83. The van der Waals surface area contributed by atoms with Gasteiger partial charge in [0.15, 0.2) is 0 Å². The van der Waals surface area contributed by atoms with Crippen LogP contribution in [-0.4, -0.2) is 6.04 Å². The summed E-state index contributed by atoms with van der Waals surface area (Å²) in [4.78, 5) is 0. The third-order valence-corrected chi connectivity index (χ3v) is 2.35. The Morgan fingerprint density at radius 1 is 1.44 bits per heavy atom. The van der Waals surface area contributed by atoms with E-state index in [0.717, 1.165) is 6.42 Å². The largest absolute Gasteiger partial charge is 0.327 e. The van der Waals surface area contributed by atoms with Crippen molar-refractivity contribution < 1.29 is 0 Å². The van der Waals surface area contributed by atoms with E-state index in [1.807, 2.05) is 0 Å². The highest BCUT2D eigenvalue weighted by Gasteiger charge is 2.19. The van der Waals surface area contributed by atoms with E-state index in [9.17, 15) is 0 Å². The van der Waals surface area contributed by atoms with Gasteiger partial charge in [0.25, 0.3) is 0 Å². The maximum absolute atomic E-state index is 5.82. The lowest BCUT2D eigenvalue weighted by molar-refractivity contribution is 0.359. The Labute approximate surface area is 56.9 Å². The minimum atomic E-state index is 0.394. The molecule has 0 aliphatic heterocycles. The first-order chi connectivity index (χ1) is 4.22. The Kier molecular flexibility index (Phi) is 1.91. The summed E-state index contributed by atoms with van der Waals surface area (Å²) in [5.41, 5.74) is 5.82. The summed E-state index contributed by atoms with van der Waals surface area (Å²) in [6, 6.07) is 0.394. The molecule has 9 heavy (non-hydrogen) atoms. The van der Waals surface area contributed by atoms with Crippen LogP contribution in [0.2, 0.25) is 0 Å². The molecule has 0 aromatic carbocycles. The van der Waals surface area contributed by atoms with E-state index in [0.29, 0.717) is 17.9 Å². The number of nitrogens with two attached hydrogens (primary N) is 1. The maximum Gasteiger partial charge on any atom is 0.0105 e. The summed E-state index contributed by atoms with van der Waals surface area (Å²) in [5.74, 6) is 1.34. The van der Waals surface area contributed by atoms with Crippen LogP contribution in [0.5, 0.6) is 0 Å². The molecule has 0 saturated heterocycles. The molecule has 2 N–H and O–H groups in total. The second-order valence-corrected chi connectivity index (χ2v) is 3.05. The lowest BCUT2D eigenvalue weighted by Crippen LogP contribution is -2.33. The molecule has 0 aromatic heterocycles. The van der Waals surface area contributed by atoms with Crippen molar-refractivity contribution in [2.75, 3.05) is 0 Å². The smallest absolute Gasteiger partial charge is 0.0105 e. The topological polar surface area (TPSA) is 26.0 Å². The van der Waals surface area contributed by atoms with Gasteiger partial charge < -0.3 is 5.73 Å². The van der Waals surface area contributed by atoms with Gasteiger partial charge in [0.05, 0.1) is 0 Å². The minimum Gasteiger partial charge on any atom is -0.327 e. The van der Waals surface area contributed by atoms with Crippen molar-refractivity contribution in [3.05, 3.63) is 12.2 Å². The van der Waals surface area contributed by atoms with E-state index < -0.39 is 0 Å². The highest BCUT2D eigenvalue weighted by molar-refractivity contribution is 4.99. The van der Waals surface area contributed by atoms with Gasteiger partial charge in [-0.25, -0.2) is 0 Å². The van der Waals surface area contributed by atoms with Crippen LogP contribution in [0.3, 0.4) is 0 Å². The Bertz CT molecular complexity index is 118. The van der Waals surface area contributed by atoms with E-state index >= 15 is 0 Å². The summed E-state index contributed by atoms with van der Waals surface area (Å²) in [6.07, 6.45) is 5.51. The fraction of sp³-hybridized carbons (Fsp3) is 0.750. The molecular formula is C8H15N.